The molecule has 0 fully saturated rings. The van der Waals surface area contributed by atoms with Crippen molar-refractivity contribution in [2.75, 3.05) is 26.2 Å². The van der Waals surface area contributed by atoms with Crippen LogP contribution in [0.25, 0.3) is 10.4 Å². The second kappa shape index (κ2) is 8.63. The molecule has 0 heterocycles. The Hall–Kier alpha value is -1.46. The van der Waals surface area contributed by atoms with Crippen LogP contribution in [0.2, 0.25) is 0 Å². The Labute approximate surface area is 75.8 Å². The highest BCUT2D eigenvalue weighted by Crippen LogP contribution is 1.78. The van der Waals surface area contributed by atoms with Gasteiger partial charge in [-0.25, -0.2) is 4.79 Å². The number of urea groups is 1. The number of azide groups is 1. The van der Waals surface area contributed by atoms with Gasteiger partial charge >= 0.3 is 6.03 Å². The van der Waals surface area contributed by atoms with Gasteiger partial charge < -0.3 is 15.7 Å². The van der Waals surface area contributed by atoms with Gasteiger partial charge in [-0.05, 0) is 12.0 Å². The van der Waals surface area contributed by atoms with E-state index in [1.165, 1.54) is 0 Å². The largest absolute Gasteiger partial charge is 0.395 e. The molecule has 0 aliphatic heterocycles. The van der Waals surface area contributed by atoms with Gasteiger partial charge in [0, 0.05) is 24.5 Å². The number of nitrogens with zero attached hydrogens (tertiary/aromatic N) is 3. The summed E-state index contributed by atoms with van der Waals surface area (Å²) in [5, 5.41) is 16.6. The van der Waals surface area contributed by atoms with E-state index in [-0.39, 0.29) is 19.2 Å². The maximum Gasteiger partial charge on any atom is 0.314 e. The van der Waals surface area contributed by atoms with Crippen LogP contribution in [0.3, 0.4) is 0 Å². The SMILES string of the molecule is [N-]=[N+]=NCCCNC(=O)NCCO. The smallest absolute Gasteiger partial charge is 0.314 e. The molecule has 0 aromatic rings. The Balaban J connectivity index is 3.21. The summed E-state index contributed by atoms with van der Waals surface area (Å²) in [6, 6.07) is -0.324. The average molecular weight is 187 g/mol. The predicted octanol–water partition coefficient (Wildman–Crippen LogP) is -0.0217. The van der Waals surface area contributed by atoms with E-state index >= 15 is 0 Å². The van der Waals surface area contributed by atoms with Crippen molar-refractivity contribution in [1.29, 1.82) is 0 Å². The molecule has 0 saturated heterocycles. The monoisotopic (exact) mass is 187 g/mol. The highest BCUT2D eigenvalue weighted by molar-refractivity contribution is 5.73. The van der Waals surface area contributed by atoms with E-state index < -0.39 is 0 Å². The Morgan fingerprint density at radius 3 is 2.77 bits per heavy atom. The van der Waals surface area contributed by atoms with E-state index in [0.29, 0.717) is 19.5 Å². The number of aliphatic hydroxyl groups is 1. The molecule has 0 aliphatic carbocycles. The molecular formula is C6H13N5O2. The zero-order valence-corrected chi connectivity index (χ0v) is 7.23. The summed E-state index contributed by atoms with van der Waals surface area (Å²) in [7, 11) is 0. The van der Waals surface area contributed by atoms with Crippen molar-refractivity contribution in [2.24, 2.45) is 5.11 Å². The minimum atomic E-state index is -0.324. The Morgan fingerprint density at radius 2 is 2.15 bits per heavy atom. The first-order chi connectivity index (χ1) is 6.31. The van der Waals surface area contributed by atoms with E-state index in [0.717, 1.165) is 0 Å². The minimum absolute atomic E-state index is 0.0772. The van der Waals surface area contributed by atoms with E-state index in [1.54, 1.807) is 0 Å². The third-order valence-electron chi connectivity index (χ3n) is 1.18. The van der Waals surface area contributed by atoms with Crippen LogP contribution < -0.4 is 10.6 Å². The van der Waals surface area contributed by atoms with E-state index in [4.69, 9.17) is 10.6 Å². The number of hydrogen-bond acceptors (Lipinski definition) is 3. The third-order valence-corrected chi connectivity index (χ3v) is 1.18. The zero-order chi connectivity index (χ0) is 9.94. The van der Waals surface area contributed by atoms with Gasteiger partial charge in [-0.3, -0.25) is 0 Å². The van der Waals surface area contributed by atoms with Gasteiger partial charge in [-0.15, -0.1) is 0 Å². The molecule has 0 bridgehead atoms. The van der Waals surface area contributed by atoms with Crippen molar-refractivity contribution < 1.29 is 9.90 Å². The van der Waals surface area contributed by atoms with Crippen LogP contribution in [-0.4, -0.2) is 37.4 Å². The van der Waals surface area contributed by atoms with Crippen LogP contribution in [-0.2, 0) is 0 Å². The normalized spacial score (nSPS) is 8.69. The summed E-state index contributed by atoms with van der Waals surface area (Å²) < 4.78 is 0. The molecule has 0 atom stereocenters. The predicted molar refractivity (Wildman–Crippen MR) is 47.1 cm³/mol. The Kier molecular flexibility index (Phi) is 7.67. The van der Waals surface area contributed by atoms with Gasteiger partial charge in [0.15, 0.2) is 0 Å². The van der Waals surface area contributed by atoms with Crippen LogP contribution in [0.5, 0.6) is 0 Å². The first-order valence-electron chi connectivity index (χ1n) is 3.94. The molecule has 74 valence electrons. The summed E-state index contributed by atoms with van der Waals surface area (Å²) >= 11 is 0. The Bertz CT molecular complexity index is 189. The highest BCUT2D eigenvalue weighted by atomic mass is 16.3. The molecule has 0 unspecified atom stereocenters. The number of rotatable bonds is 6. The number of nitrogens with one attached hydrogen (secondary N) is 2. The van der Waals surface area contributed by atoms with Crippen molar-refractivity contribution in [2.45, 2.75) is 6.42 Å². The molecule has 0 rings (SSSR count). The van der Waals surface area contributed by atoms with Crippen molar-refractivity contribution in [3.05, 3.63) is 10.4 Å². The summed E-state index contributed by atoms with van der Waals surface area (Å²) in [6.07, 6.45) is 0.608. The van der Waals surface area contributed by atoms with Gasteiger partial charge in [0.1, 0.15) is 0 Å². The topological polar surface area (TPSA) is 110 Å². The fourth-order valence-corrected chi connectivity index (χ4v) is 0.628. The summed E-state index contributed by atoms with van der Waals surface area (Å²) in [5.74, 6) is 0. The second-order valence-electron chi connectivity index (χ2n) is 2.21. The molecule has 0 spiro atoms. The van der Waals surface area contributed by atoms with Gasteiger partial charge in [-0.1, -0.05) is 5.11 Å². The molecule has 2 amide bonds. The lowest BCUT2D eigenvalue weighted by atomic mass is 10.4. The van der Waals surface area contributed by atoms with E-state index in [1.807, 2.05) is 0 Å². The molecular weight excluding hydrogens is 174 g/mol. The lowest BCUT2D eigenvalue weighted by Crippen LogP contribution is -2.37. The number of carbonyl (C=O) groups excluding carboxylic acids is 1. The van der Waals surface area contributed by atoms with Crippen molar-refractivity contribution >= 4 is 6.03 Å². The molecule has 0 aliphatic rings. The van der Waals surface area contributed by atoms with E-state index in [2.05, 4.69) is 20.7 Å². The molecule has 0 aromatic heterocycles. The number of aliphatic hydroxyl groups excluding tert-OH is 1. The molecule has 7 heteroatoms. The maximum atomic E-state index is 10.8. The molecule has 7 nitrogen and oxygen atoms in total. The van der Waals surface area contributed by atoms with Crippen LogP contribution in [0, 0.1) is 0 Å². The van der Waals surface area contributed by atoms with Crippen LogP contribution in [0.15, 0.2) is 5.11 Å². The first kappa shape index (κ1) is 11.5. The van der Waals surface area contributed by atoms with E-state index in [9.17, 15) is 4.79 Å². The molecule has 13 heavy (non-hydrogen) atoms. The number of hydrogen-bond donors (Lipinski definition) is 3. The third kappa shape index (κ3) is 8.45. The molecule has 0 radical (unpaired) electrons. The van der Waals surface area contributed by atoms with Crippen molar-refractivity contribution in [1.82, 2.24) is 10.6 Å². The summed E-state index contributed by atoms with van der Waals surface area (Å²) in [6.45, 7) is 0.987. The lowest BCUT2D eigenvalue weighted by Gasteiger charge is -2.04. The fraction of sp³-hybridized carbons (Fsp3) is 0.833. The molecule has 3 N–H and O–H groups in total. The summed E-state index contributed by atoms with van der Waals surface area (Å²) in [5.41, 5.74) is 7.92. The minimum Gasteiger partial charge on any atom is -0.395 e. The van der Waals surface area contributed by atoms with Crippen LogP contribution >= 0.6 is 0 Å². The second-order valence-corrected chi connectivity index (χ2v) is 2.21. The van der Waals surface area contributed by atoms with Gasteiger partial charge in [0.25, 0.3) is 0 Å². The Morgan fingerprint density at radius 1 is 1.46 bits per heavy atom. The van der Waals surface area contributed by atoms with Crippen LogP contribution in [0.4, 0.5) is 4.79 Å². The lowest BCUT2D eigenvalue weighted by molar-refractivity contribution is 0.234. The first-order valence-corrected chi connectivity index (χ1v) is 3.94. The quantitative estimate of drug-likeness (QED) is 0.235. The van der Waals surface area contributed by atoms with Crippen molar-refractivity contribution in [3.63, 3.8) is 0 Å². The van der Waals surface area contributed by atoms with Crippen molar-refractivity contribution in [3.8, 4) is 0 Å². The molecule has 0 saturated carbocycles. The van der Waals surface area contributed by atoms with Crippen LogP contribution in [0.1, 0.15) is 6.42 Å². The number of carbonyl (C=O) groups is 1. The maximum absolute atomic E-state index is 10.8. The van der Waals surface area contributed by atoms with Gasteiger partial charge in [0.2, 0.25) is 0 Å². The average Bonchev–Trinajstić information content (AvgIpc) is 2.14. The zero-order valence-electron chi connectivity index (χ0n) is 7.23. The van der Waals surface area contributed by atoms with Gasteiger partial charge in [-0.2, -0.15) is 0 Å². The highest BCUT2D eigenvalue weighted by Gasteiger charge is 1.95. The number of amides is 2. The standard InChI is InChI=1S/C6H13N5O2/c7-11-10-3-1-2-8-6(13)9-4-5-12/h12H,1-5H2,(H2,8,9,13). The molecule has 0 aromatic carbocycles. The fourth-order valence-electron chi connectivity index (χ4n) is 0.628. The summed E-state index contributed by atoms with van der Waals surface area (Å²) in [4.78, 5) is 13.4. The van der Waals surface area contributed by atoms with Gasteiger partial charge in [0.05, 0.1) is 6.61 Å².